The molecule has 0 amide bonds. The molecule has 3 rings (SSSR count). The van der Waals surface area contributed by atoms with Crippen LogP contribution in [0.3, 0.4) is 0 Å². The summed E-state index contributed by atoms with van der Waals surface area (Å²) in [6.45, 7) is 0. The van der Waals surface area contributed by atoms with Crippen LogP contribution in [0.2, 0.25) is 0 Å². The third-order valence-corrected chi connectivity index (χ3v) is 3.17. The molecule has 5 heteroatoms. The van der Waals surface area contributed by atoms with E-state index in [0.717, 1.165) is 16.8 Å². The lowest BCUT2D eigenvalue weighted by Gasteiger charge is -2.00. The number of allylic oxidation sites excluding steroid dienone is 1. The lowest BCUT2D eigenvalue weighted by atomic mass is 10.1. The maximum absolute atomic E-state index is 9.41. The van der Waals surface area contributed by atoms with Crippen LogP contribution in [-0.2, 0) is 7.05 Å². The smallest absolute Gasteiger partial charge is 0.101 e. The monoisotopic (exact) mass is 287 g/mol. The molecule has 0 bridgehead atoms. The zero-order chi connectivity index (χ0) is 15.4. The number of rotatable bonds is 3. The summed E-state index contributed by atoms with van der Waals surface area (Å²) in [7, 11) is 1.86. The first-order valence-corrected chi connectivity index (χ1v) is 6.75. The Morgan fingerprint density at radius 3 is 2.68 bits per heavy atom. The fourth-order valence-corrected chi connectivity index (χ4v) is 2.19. The van der Waals surface area contributed by atoms with Gasteiger partial charge in [-0.3, -0.25) is 14.6 Å². The van der Waals surface area contributed by atoms with E-state index < -0.39 is 0 Å². The molecule has 0 aliphatic rings. The summed E-state index contributed by atoms with van der Waals surface area (Å²) in [5.41, 5.74) is 3.79. The Bertz CT molecular complexity index is 842. The largest absolute Gasteiger partial charge is 0.275 e. The molecule has 0 aliphatic heterocycles. The van der Waals surface area contributed by atoms with E-state index in [4.69, 9.17) is 0 Å². The molecule has 22 heavy (non-hydrogen) atoms. The minimum Gasteiger partial charge on any atom is -0.275 e. The molecule has 3 aromatic rings. The second-order valence-electron chi connectivity index (χ2n) is 4.73. The number of nitrogens with zero attached hydrogens (tertiary/aromatic N) is 5. The van der Waals surface area contributed by atoms with Crippen molar-refractivity contribution in [3.63, 3.8) is 0 Å². The zero-order valence-electron chi connectivity index (χ0n) is 12.0. The van der Waals surface area contributed by atoms with Crippen molar-refractivity contribution in [1.82, 2.24) is 19.7 Å². The van der Waals surface area contributed by atoms with Crippen LogP contribution in [0, 0.1) is 11.3 Å². The molecule has 0 N–H and O–H groups in total. The third-order valence-electron chi connectivity index (χ3n) is 3.17. The average molecular weight is 287 g/mol. The summed E-state index contributed by atoms with van der Waals surface area (Å²) in [5, 5.41) is 13.9. The molecule has 3 heterocycles. The number of aryl methyl sites for hydroxylation is 1. The van der Waals surface area contributed by atoms with Crippen LogP contribution in [0.4, 0.5) is 0 Å². The summed E-state index contributed by atoms with van der Waals surface area (Å²) in [6.07, 6.45) is 8.82. The highest BCUT2D eigenvalue weighted by Crippen LogP contribution is 2.25. The lowest BCUT2D eigenvalue weighted by molar-refractivity contribution is 0.770. The molecule has 0 fully saturated rings. The van der Waals surface area contributed by atoms with E-state index in [2.05, 4.69) is 21.1 Å². The van der Waals surface area contributed by atoms with Crippen LogP contribution >= 0.6 is 0 Å². The van der Waals surface area contributed by atoms with Gasteiger partial charge in [0.05, 0.1) is 17.0 Å². The number of hydrogen-bond acceptors (Lipinski definition) is 4. The highest BCUT2D eigenvalue weighted by Gasteiger charge is 2.10. The average Bonchev–Trinajstić information content (AvgIpc) is 2.95. The van der Waals surface area contributed by atoms with Gasteiger partial charge in [0.1, 0.15) is 6.07 Å². The zero-order valence-corrected chi connectivity index (χ0v) is 12.0. The van der Waals surface area contributed by atoms with E-state index in [0.29, 0.717) is 11.3 Å². The summed E-state index contributed by atoms with van der Waals surface area (Å²) in [6, 6.07) is 11.5. The quantitative estimate of drug-likeness (QED) is 0.695. The Hall–Kier alpha value is -3.26. The van der Waals surface area contributed by atoms with Crippen molar-refractivity contribution in [2.45, 2.75) is 0 Å². The molecule has 0 aliphatic carbocycles. The molecule has 0 unspecified atom stereocenters. The van der Waals surface area contributed by atoms with Crippen LogP contribution in [-0.4, -0.2) is 19.7 Å². The Morgan fingerprint density at radius 2 is 2.00 bits per heavy atom. The first-order chi connectivity index (χ1) is 10.8. The van der Waals surface area contributed by atoms with E-state index in [-0.39, 0.29) is 0 Å². The van der Waals surface area contributed by atoms with E-state index in [1.54, 1.807) is 23.3 Å². The van der Waals surface area contributed by atoms with Gasteiger partial charge in [0, 0.05) is 43.0 Å². The Kier molecular flexibility index (Phi) is 3.75. The summed E-state index contributed by atoms with van der Waals surface area (Å²) < 4.78 is 1.73. The van der Waals surface area contributed by atoms with Gasteiger partial charge < -0.3 is 0 Å². The van der Waals surface area contributed by atoms with Crippen molar-refractivity contribution >= 4 is 11.6 Å². The van der Waals surface area contributed by atoms with Crippen LogP contribution in [0.5, 0.6) is 0 Å². The standard InChI is InChI=1S/C17H13N5/c1-22-12-15(17(21-22)13-5-8-19-9-6-13)10-14(11-18)16-4-2-3-7-20-16/h2-10,12H,1H3. The SMILES string of the molecule is Cn1cc(C=C(C#N)c2ccccn2)c(-c2ccncc2)n1. The predicted molar refractivity (Wildman–Crippen MR) is 84.2 cm³/mol. The summed E-state index contributed by atoms with van der Waals surface area (Å²) >= 11 is 0. The highest BCUT2D eigenvalue weighted by molar-refractivity contribution is 5.91. The third kappa shape index (κ3) is 2.76. The number of pyridine rings is 2. The molecular formula is C17H13N5. The topological polar surface area (TPSA) is 67.4 Å². The van der Waals surface area contributed by atoms with Crippen LogP contribution in [0.1, 0.15) is 11.3 Å². The van der Waals surface area contributed by atoms with E-state index in [9.17, 15) is 5.26 Å². The fourth-order valence-electron chi connectivity index (χ4n) is 2.19. The molecule has 0 saturated carbocycles. The maximum atomic E-state index is 9.41. The summed E-state index contributed by atoms with van der Waals surface area (Å²) in [5.74, 6) is 0. The molecule has 0 atom stereocenters. The fraction of sp³-hybridized carbons (Fsp3) is 0.0588. The second-order valence-corrected chi connectivity index (χ2v) is 4.73. The van der Waals surface area contributed by atoms with Crippen molar-refractivity contribution in [2.24, 2.45) is 7.05 Å². The first-order valence-electron chi connectivity index (χ1n) is 6.75. The Balaban J connectivity index is 2.10. The molecule has 0 spiro atoms. The predicted octanol–water partition coefficient (Wildman–Crippen LogP) is 2.94. The Labute approximate surface area is 128 Å². The minimum atomic E-state index is 0.504. The van der Waals surface area contributed by atoms with Crippen molar-refractivity contribution in [1.29, 1.82) is 5.26 Å². The lowest BCUT2D eigenvalue weighted by Crippen LogP contribution is -1.88. The van der Waals surface area contributed by atoms with Gasteiger partial charge in [-0.2, -0.15) is 10.4 Å². The molecule has 0 radical (unpaired) electrons. The maximum Gasteiger partial charge on any atom is 0.101 e. The van der Waals surface area contributed by atoms with Crippen molar-refractivity contribution in [2.75, 3.05) is 0 Å². The van der Waals surface area contributed by atoms with Gasteiger partial charge in [0.15, 0.2) is 0 Å². The molecule has 0 saturated heterocycles. The van der Waals surface area contributed by atoms with E-state index in [1.807, 2.05) is 49.7 Å². The van der Waals surface area contributed by atoms with Crippen molar-refractivity contribution in [3.05, 3.63) is 66.4 Å². The van der Waals surface area contributed by atoms with Gasteiger partial charge in [-0.25, -0.2) is 0 Å². The van der Waals surface area contributed by atoms with Crippen LogP contribution in [0.25, 0.3) is 22.9 Å². The normalized spacial score (nSPS) is 11.2. The van der Waals surface area contributed by atoms with Gasteiger partial charge in [-0.15, -0.1) is 0 Å². The minimum absolute atomic E-state index is 0.504. The molecule has 3 aromatic heterocycles. The second kappa shape index (κ2) is 6.02. The molecule has 106 valence electrons. The highest BCUT2D eigenvalue weighted by atomic mass is 15.2. The van der Waals surface area contributed by atoms with E-state index in [1.165, 1.54) is 0 Å². The van der Waals surface area contributed by atoms with Crippen molar-refractivity contribution < 1.29 is 0 Å². The molecule has 0 aromatic carbocycles. The van der Waals surface area contributed by atoms with Crippen molar-refractivity contribution in [3.8, 4) is 17.3 Å². The van der Waals surface area contributed by atoms with Crippen LogP contribution in [0.15, 0.2) is 55.1 Å². The molecular weight excluding hydrogens is 274 g/mol. The number of nitriles is 1. The number of aromatic nitrogens is 4. The van der Waals surface area contributed by atoms with E-state index >= 15 is 0 Å². The first kappa shape index (κ1) is 13.7. The number of hydrogen-bond donors (Lipinski definition) is 0. The van der Waals surface area contributed by atoms with Gasteiger partial charge in [-0.1, -0.05) is 6.07 Å². The van der Waals surface area contributed by atoms with Gasteiger partial charge in [0.2, 0.25) is 0 Å². The van der Waals surface area contributed by atoms with Crippen LogP contribution < -0.4 is 0 Å². The summed E-state index contributed by atoms with van der Waals surface area (Å²) in [4.78, 5) is 8.25. The van der Waals surface area contributed by atoms with Gasteiger partial charge in [-0.05, 0) is 30.3 Å². The van der Waals surface area contributed by atoms with Gasteiger partial charge in [0.25, 0.3) is 0 Å². The molecule has 5 nitrogen and oxygen atoms in total. The van der Waals surface area contributed by atoms with Gasteiger partial charge >= 0.3 is 0 Å². The Morgan fingerprint density at radius 1 is 1.18 bits per heavy atom.